The summed E-state index contributed by atoms with van der Waals surface area (Å²) < 4.78 is 7.39. The van der Waals surface area contributed by atoms with E-state index in [0.717, 1.165) is 48.7 Å². The van der Waals surface area contributed by atoms with E-state index in [2.05, 4.69) is 45.9 Å². The summed E-state index contributed by atoms with van der Waals surface area (Å²) in [6.07, 6.45) is 8.28. The van der Waals surface area contributed by atoms with Gasteiger partial charge in [-0.05, 0) is 44.2 Å². The van der Waals surface area contributed by atoms with Crippen molar-refractivity contribution < 1.29 is 4.74 Å². The molecule has 29 heavy (non-hydrogen) atoms. The number of nitrogens with two attached hydrogens (primary N) is 1. The molecular formula is C21H29N7O. The lowest BCUT2D eigenvalue weighted by Gasteiger charge is -2.28. The molecule has 154 valence electrons. The van der Waals surface area contributed by atoms with Crippen molar-refractivity contribution >= 4 is 17.3 Å². The molecule has 0 amide bonds. The van der Waals surface area contributed by atoms with E-state index in [9.17, 15) is 0 Å². The van der Waals surface area contributed by atoms with Crippen LogP contribution < -0.4 is 15.4 Å². The van der Waals surface area contributed by atoms with Gasteiger partial charge in [-0.25, -0.2) is 14.5 Å². The summed E-state index contributed by atoms with van der Waals surface area (Å²) in [6.45, 7) is 6.94. The number of aryl methyl sites for hydroxylation is 1. The van der Waals surface area contributed by atoms with Crippen LogP contribution >= 0.6 is 0 Å². The van der Waals surface area contributed by atoms with Gasteiger partial charge < -0.3 is 15.4 Å². The smallest absolute Gasteiger partial charge is 0.336 e. The Morgan fingerprint density at radius 1 is 1.14 bits per heavy atom. The van der Waals surface area contributed by atoms with Gasteiger partial charge in [0, 0.05) is 25.2 Å². The lowest BCUT2D eigenvalue weighted by atomic mass is 10.1. The number of hydrogen-bond donors (Lipinski definition) is 1. The number of rotatable bonds is 7. The third kappa shape index (κ3) is 4.26. The highest BCUT2D eigenvalue weighted by atomic mass is 16.5. The van der Waals surface area contributed by atoms with E-state index in [-0.39, 0.29) is 6.01 Å². The summed E-state index contributed by atoms with van der Waals surface area (Å²) in [5.74, 6) is 1.40. The lowest BCUT2D eigenvalue weighted by molar-refractivity contribution is 0.280. The third-order valence-electron chi connectivity index (χ3n) is 5.40. The number of imidazole rings is 1. The largest absolute Gasteiger partial charge is 0.462 e. The molecule has 0 spiro atoms. The topological polar surface area (TPSA) is 94.5 Å². The number of piperidine rings is 1. The number of nitrogens with zero attached hydrogens (tertiary/aromatic N) is 6. The second-order valence-corrected chi connectivity index (χ2v) is 7.61. The maximum atomic E-state index is 6.07. The molecule has 1 saturated heterocycles. The molecule has 0 radical (unpaired) electrons. The summed E-state index contributed by atoms with van der Waals surface area (Å²) in [5, 5.41) is 4.50. The summed E-state index contributed by atoms with van der Waals surface area (Å²) >= 11 is 0. The molecule has 1 aliphatic heterocycles. The number of fused-ring (bicyclic) bond motifs is 1. The van der Waals surface area contributed by atoms with Crippen LogP contribution in [0.5, 0.6) is 6.01 Å². The van der Waals surface area contributed by atoms with E-state index >= 15 is 0 Å². The Labute approximate surface area is 171 Å². The van der Waals surface area contributed by atoms with Crippen molar-refractivity contribution in [1.82, 2.24) is 24.6 Å². The van der Waals surface area contributed by atoms with E-state index in [0.29, 0.717) is 24.5 Å². The van der Waals surface area contributed by atoms with Crippen LogP contribution in [0, 0.1) is 6.92 Å². The third-order valence-corrected chi connectivity index (χ3v) is 5.40. The molecule has 4 rings (SSSR count). The summed E-state index contributed by atoms with van der Waals surface area (Å²) in [6, 6.07) is 4.58. The first-order valence-corrected chi connectivity index (χ1v) is 10.5. The van der Waals surface area contributed by atoms with Crippen LogP contribution in [-0.2, 0) is 6.42 Å². The maximum absolute atomic E-state index is 6.07. The van der Waals surface area contributed by atoms with Gasteiger partial charge in [0.25, 0.3) is 0 Å². The van der Waals surface area contributed by atoms with E-state index < -0.39 is 0 Å². The molecule has 1 aliphatic rings. The molecule has 0 aliphatic carbocycles. The fraction of sp³-hybridized carbons (Fsp3) is 0.524. The second kappa shape index (κ2) is 8.63. The minimum absolute atomic E-state index is 0.290. The van der Waals surface area contributed by atoms with Crippen molar-refractivity contribution in [1.29, 1.82) is 0 Å². The highest BCUT2D eigenvalue weighted by molar-refractivity contribution is 5.60. The highest BCUT2D eigenvalue weighted by Gasteiger charge is 2.16. The molecule has 0 bridgehead atoms. The van der Waals surface area contributed by atoms with Gasteiger partial charge in [-0.2, -0.15) is 4.98 Å². The normalized spacial score (nSPS) is 14.5. The van der Waals surface area contributed by atoms with Crippen molar-refractivity contribution in [3.05, 3.63) is 35.3 Å². The van der Waals surface area contributed by atoms with Gasteiger partial charge in [-0.3, -0.25) is 0 Å². The first-order chi connectivity index (χ1) is 14.2. The Hall–Kier alpha value is -2.90. The Bertz CT molecular complexity index is 979. The second-order valence-electron chi connectivity index (χ2n) is 7.61. The zero-order valence-corrected chi connectivity index (χ0v) is 17.3. The van der Waals surface area contributed by atoms with Gasteiger partial charge in [0.05, 0.1) is 18.5 Å². The number of ether oxygens (including phenoxy) is 1. The molecular weight excluding hydrogens is 366 g/mol. The minimum Gasteiger partial charge on any atom is -0.462 e. The summed E-state index contributed by atoms with van der Waals surface area (Å²) in [5.41, 5.74) is 9.74. The fourth-order valence-electron chi connectivity index (χ4n) is 3.68. The van der Waals surface area contributed by atoms with Crippen LogP contribution in [0.2, 0.25) is 0 Å². The van der Waals surface area contributed by atoms with Gasteiger partial charge in [-0.1, -0.05) is 19.4 Å². The van der Waals surface area contributed by atoms with Crippen LogP contribution in [0.3, 0.4) is 0 Å². The molecule has 8 nitrogen and oxygen atoms in total. The van der Waals surface area contributed by atoms with Gasteiger partial charge >= 0.3 is 6.01 Å². The molecule has 2 N–H and O–H groups in total. The van der Waals surface area contributed by atoms with E-state index in [4.69, 9.17) is 15.5 Å². The number of unbranched alkanes of at least 4 members (excludes halogenated alkanes) is 1. The predicted molar refractivity (Wildman–Crippen MR) is 113 cm³/mol. The lowest BCUT2D eigenvalue weighted by Crippen LogP contribution is -2.30. The molecule has 3 aromatic rings. The maximum Gasteiger partial charge on any atom is 0.336 e. The Kier molecular flexibility index (Phi) is 5.78. The Balaban J connectivity index is 1.57. The van der Waals surface area contributed by atoms with Gasteiger partial charge in [0.2, 0.25) is 0 Å². The monoisotopic (exact) mass is 395 g/mol. The highest BCUT2D eigenvalue weighted by Crippen LogP contribution is 2.22. The number of hydrogen-bond acceptors (Lipinski definition) is 7. The van der Waals surface area contributed by atoms with Crippen molar-refractivity contribution in [2.75, 3.05) is 30.3 Å². The van der Waals surface area contributed by atoms with E-state index in [1.807, 2.05) is 0 Å². The van der Waals surface area contributed by atoms with Crippen LogP contribution in [0.25, 0.3) is 5.65 Å². The average molecular weight is 396 g/mol. The van der Waals surface area contributed by atoms with Crippen molar-refractivity contribution in [2.45, 2.75) is 52.4 Å². The van der Waals surface area contributed by atoms with Crippen LogP contribution in [0.1, 0.15) is 56.0 Å². The number of pyridine rings is 1. The van der Waals surface area contributed by atoms with Crippen molar-refractivity contribution in [2.24, 2.45) is 0 Å². The SMILES string of the molecule is CCCCOc1nc(N)c2ncc(Cc3ccc(N4CCCCC4)nc3C)n2n1. The van der Waals surface area contributed by atoms with Crippen molar-refractivity contribution in [3.8, 4) is 6.01 Å². The minimum atomic E-state index is 0.290. The van der Waals surface area contributed by atoms with Gasteiger partial charge in [-0.15, -0.1) is 5.10 Å². The first kappa shape index (κ1) is 19.4. The fourth-order valence-corrected chi connectivity index (χ4v) is 3.68. The van der Waals surface area contributed by atoms with E-state index in [1.165, 1.54) is 19.3 Å². The number of nitrogen functional groups attached to an aromatic ring is 1. The molecule has 4 heterocycles. The summed E-state index contributed by atoms with van der Waals surface area (Å²) in [4.78, 5) is 15.9. The first-order valence-electron chi connectivity index (χ1n) is 10.5. The Morgan fingerprint density at radius 2 is 1.97 bits per heavy atom. The average Bonchev–Trinajstić information content (AvgIpc) is 3.14. The number of aromatic nitrogens is 5. The molecule has 0 aromatic carbocycles. The van der Waals surface area contributed by atoms with Crippen LogP contribution in [0.4, 0.5) is 11.6 Å². The zero-order valence-electron chi connectivity index (χ0n) is 17.3. The molecule has 3 aromatic heterocycles. The quantitative estimate of drug-likeness (QED) is 0.614. The molecule has 0 saturated carbocycles. The molecule has 8 heteroatoms. The zero-order chi connectivity index (χ0) is 20.2. The molecule has 0 atom stereocenters. The molecule has 1 fully saturated rings. The summed E-state index contributed by atoms with van der Waals surface area (Å²) in [7, 11) is 0. The van der Waals surface area contributed by atoms with Gasteiger partial charge in [0.15, 0.2) is 11.5 Å². The van der Waals surface area contributed by atoms with Crippen molar-refractivity contribution in [3.63, 3.8) is 0 Å². The predicted octanol–water partition coefficient (Wildman–Crippen LogP) is 3.17. The van der Waals surface area contributed by atoms with E-state index in [1.54, 1.807) is 10.7 Å². The van der Waals surface area contributed by atoms with Gasteiger partial charge in [0.1, 0.15) is 5.82 Å². The standard InChI is InChI=1S/C21H29N7O/c1-3-4-12-29-21-25-19(22)20-23-14-17(28(20)26-21)13-16-8-9-18(24-15(16)2)27-10-6-5-7-11-27/h8-9,14H,3-7,10-13H2,1-2H3,(H2,22,25,26). The van der Waals surface area contributed by atoms with Crippen LogP contribution in [-0.4, -0.2) is 44.3 Å². The Morgan fingerprint density at radius 3 is 2.72 bits per heavy atom. The number of anilines is 2. The van der Waals surface area contributed by atoms with Crippen LogP contribution in [0.15, 0.2) is 18.3 Å². The molecule has 0 unspecified atom stereocenters.